The molecule has 0 radical (unpaired) electrons. The number of nitrogens with one attached hydrogen (secondary N) is 2. The van der Waals surface area contributed by atoms with Gasteiger partial charge in [0.2, 0.25) is 15.9 Å². The van der Waals surface area contributed by atoms with E-state index in [0.717, 1.165) is 11.1 Å². The van der Waals surface area contributed by atoms with Crippen LogP contribution in [0.3, 0.4) is 0 Å². The lowest BCUT2D eigenvalue weighted by molar-refractivity contribution is -0.121. The van der Waals surface area contributed by atoms with Gasteiger partial charge in [-0.15, -0.1) is 0 Å². The summed E-state index contributed by atoms with van der Waals surface area (Å²) in [5.74, 6) is -0.573. The second-order valence-electron chi connectivity index (χ2n) is 7.75. The summed E-state index contributed by atoms with van der Waals surface area (Å²) in [5.41, 5.74) is 1.89. The molecule has 0 atom stereocenters. The molecule has 9 nitrogen and oxygen atoms in total. The Kier molecular flexibility index (Phi) is 8.93. The summed E-state index contributed by atoms with van der Waals surface area (Å²) < 4.78 is 32.9. The van der Waals surface area contributed by atoms with Gasteiger partial charge < -0.3 is 15.4 Å². The Morgan fingerprint density at radius 2 is 1.69 bits per heavy atom. The molecule has 0 unspecified atom stereocenters. The summed E-state index contributed by atoms with van der Waals surface area (Å²) in [5, 5.41) is 5.42. The summed E-state index contributed by atoms with van der Waals surface area (Å²) >= 11 is 0. The van der Waals surface area contributed by atoms with Crippen LogP contribution in [0.4, 0.5) is 0 Å². The number of hydrogen-bond acceptors (Lipinski definition) is 6. The number of carbonyl (C=O) groups excluding carboxylic acids is 2. The van der Waals surface area contributed by atoms with Crippen molar-refractivity contribution < 1.29 is 22.7 Å². The van der Waals surface area contributed by atoms with E-state index in [-0.39, 0.29) is 41.6 Å². The van der Waals surface area contributed by atoms with E-state index in [2.05, 4.69) is 15.6 Å². The Balaban J connectivity index is 1.62. The van der Waals surface area contributed by atoms with Crippen LogP contribution in [0.2, 0.25) is 0 Å². The average molecular weight is 497 g/mol. The highest BCUT2D eigenvalue weighted by Crippen LogP contribution is 2.28. The lowest BCUT2D eigenvalue weighted by atomic mass is 10.2. The van der Waals surface area contributed by atoms with E-state index in [1.54, 1.807) is 24.5 Å². The number of methoxy groups -OCH3 is 1. The van der Waals surface area contributed by atoms with Crippen LogP contribution in [-0.2, 0) is 27.9 Å². The van der Waals surface area contributed by atoms with Gasteiger partial charge in [0.05, 0.1) is 7.11 Å². The van der Waals surface area contributed by atoms with Gasteiger partial charge >= 0.3 is 0 Å². The van der Waals surface area contributed by atoms with Gasteiger partial charge in [-0.05, 0) is 41.5 Å². The topological polar surface area (TPSA) is 118 Å². The minimum Gasteiger partial charge on any atom is -0.495 e. The zero-order chi connectivity index (χ0) is 25.3. The van der Waals surface area contributed by atoms with Gasteiger partial charge in [-0.1, -0.05) is 30.3 Å². The van der Waals surface area contributed by atoms with E-state index in [1.807, 2.05) is 30.3 Å². The molecule has 2 amide bonds. The molecule has 0 saturated heterocycles. The quantitative estimate of drug-likeness (QED) is 0.421. The Bertz CT molecular complexity index is 1250. The SMILES string of the molecule is COc1ccc(C(=O)NCCC(=O)NCc2ccncc2)cc1S(=O)(=O)N(C)Cc1ccccc1. The molecule has 1 heterocycles. The van der Waals surface area contributed by atoms with E-state index < -0.39 is 15.9 Å². The normalized spacial score (nSPS) is 11.2. The summed E-state index contributed by atoms with van der Waals surface area (Å²) in [6.45, 7) is 0.631. The van der Waals surface area contributed by atoms with Crippen molar-refractivity contribution in [2.45, 2.75) is 24.4 Å². The fraction of sp³-hybridized carbons (Fsp3) is 0.240. The molecule has 2 aromatic carbocycles. The second-order valence-corrected chi connectivity index (χ2v) is 9.76. The summed E-state index contributed by atoms with van der Waals surface area (Å²) in [6, 6.07) is 17.0. The number of carbonyl (C=O) groups is 2. The number of ether oxygens (including phenoxy) is 1. The van der Waals surface area contributed by atoms with E-state index in [9.17, 15) is 18.0 Å². The number of sulfonamides is 1. The number of nitrogens with zero attached hydrogens (tertiary/aromatic N) is 2. The lowest BCUT2D eigenvalue weighted by Gasteiger charge is -2.19. The van der Waals surface area contributed by atoms with E-state index in [0.29, 0.717) is 6.54 Å². The van der Waals surface area contributed by atoms with Crippen molar-refractivity contribution in [3.63, 3.8) is 0 Å². The van der Waals surface area contributed by atoms with Crippen molar-refractivity contribution >= 4 is 21.8 Å². The number of hydrogen-bond donors (Lipinski definition) is 2. The van der Waals surface area contributed by atoms with Crippen molar-refractivity contribution in [1.82, 2.24) is 19.9 Å². The molecule has 35 heavy (non-hydrogen) atoms. The second kappa shape index (κ2) is 12.1. The highest BCUT2D eigenvalue weighted by atomic mass is 32.2. The Morgan fingerprint density at radius 1 is 0.971 bits per heavy atom. The summed E-state index contributed by atoms with van der Waals surface area (Å²) in [4.78, 5) is 28.5. The Hall–Kier alpha value is -3.76. The van der Waals surface area contributed by atoms with Crippen molar-refractivity contribution in [3.8, 4) is 5.75 Å². The largest absolute Gasteiger partial charge is 0.495 e. The highest BCUT2D eigenvalue weighted by Gasteiger charge is 2.26. The molecule has 0 aliphatic heterocycles. The first kappa shape index (κ1) is 25.9. The average Bonchev–Trinajstić information content (AvgIpc) is 2.88. The molecule has 0 saturated carbocycles. The maximum Gasteiger partial charge on any atom is 0.251 e. The standard InChI is InChI=1S/C25H28N4O5S/c1-29(18-20-6-4-3-5-7-20)35(32,33)23-16-21(8-9-22(23)34-2)25(31)27-15-12-24(30)28-17-19-10-13-26-14-11-19/h3-11,13-14,16H,12,15,17-18H2,1-2H3,(H,27,31)(H,28,30). The molecular weight excluding hydrogens is 468 g/mol. The van der Waals surface area contributed by atoms with Gasteiger partial charge in [-0.3, -0.25) is 14.6 Å². The molecule has 3 rings (SSSR count). The zero-order valence-electron chi connectivity index (χ0n) is 19.6. The molecule has 1 aromatic heterocycles. The van der Waals surface area contributed by atoms with Crippen LogP contribution < -0.4 is 15.4 Å². The van der Waals surface area contributed by atoms with Crippen LogP contribution in [0.25, 0.3) is 0 Å². The molecule has 184 valence electrons. The van der Waals surface area contributed by atoms with Crippen LogP contribution >= 0.6 is 0 Å². The number of benzene rings is 2. The summed E-state index contributed by atoms with van der Waals surface area (Å²) in [7, 11) is -1.10. The maximum atomic E-state index is 13.2. The Labute approximate surface area is 205 Å². The number of amides is 2. The van der Waals surface area contributed by atoms with Gasteiger partial charge in [-0.25, -0.2) is 8.42 Å². The number of aromatic nitrogens is 1. The fourth-order valence-corrected chi connectivity index (χ4v) is 4.63. The lowest BCUT2D eigenvalue weighted by Crippen LogP contribution is -2.31. The molecule has 0 aliphatic rings. The third-order valence-electron chi connectivity index (χ3n) is 5.24. The molecular formula is C25H28N4O5S. The minimum absolute atomic E-state index is 0.0813. The van der Waals surface area contributed by atoms with Gasteiger partial charge in [0, 0.05) is 51.1 Å². The predicted molar refractivity (Wildman–Crippen MR) is 131 cm³/mol. The van der Waals surface area contributed by atoms with Crippen LogP contribution in [0, 0.1) is 0 Å². The maximum absolute atomic E-state index is 13.2. The predicted octanol–water partition coefficient (Wildman–Crippen LogP) is 2.35. The van der Waals surface area contributed by atoms with Crippen LogP contribution in [-0.4, -0.2) is 50.2 Å². The first-order valence-electron chi connectivity index (χ1n) is 10.9. The summed E-state index contributed by atoms with van der Waals surface area (Å²) in [6.07, 6.45) is 3.37. The van der Waals surface area contributed by atoms with E-state index in [1.165, 1.54) is 36.7 Å². The molecule has 0 bridgehead atoms. The van der Waals surface area contributed by atoms with Gasteiger partial charge in [0.25, 0.3) is 5.91 Å². The van der Waals surface area contributed by atoms with Crippen LogP contribution in [0.5, 0.6) is 5.75 Å². The number of pyridine rings is 1. The third-order valence-corrected chi connectivity index (χ3v) is 7.06. The minimum atomic E-state index is -3.94. The van der Waals surface area contributed by atoms with Gasteiger partial charge in [-0.2, -0.15) is 4.31 Å². The van der Waals surface area contributed by atoms with Crippen molar-refractivity contribution in [1.29, 1.82) is 0 Å². The molecule has 0 aliphatic carbocycles. The van der Waals surface area contributed by atoms with Gasteiger partial charge in [0.1, 0.15) is 10.6 Å². The Morgan fingerprint density at radius 3 is 2.37 bits per heavy atom. The molecule has 0 fully saturated rings. The third kappa shape index (κ3) is 7.11. The first-order valence-corrected chi connectivity index (χ1v) is 12.4. The monoisotopic (exact) mass is 496 g/mol. The first-order chi connectivity index (χ1) is 16.8. The van der Waals surface area contributed by atoms with Gasteiger partial charge in [0.15, 0.2) is 0 Å². The fourth-order valence-electron chi connectivity index (χ4n) is 3.29. The van der Waals surface area contributed by atoms with Crippen LogP contribution in [0.1, 0.15) is 27.9 Å². The van der Waals surface area contributed by atoms with Crippen molar-refractivity contribution in [2.24, 2.45) is 0 Å². The molecule has 0 spiro atoms. The smallest absolute Gasteiger partial charge is 0.251 e. The number of rotatable bonds is 11. The molecule has 3 aromatic rings. The van der Waals surface area contributed by atoms with E-state index in [4.69, 9.17) is 4.74 Å². The zero-order valence-corrected chi connectivity index (χ0v) is 20.4. The van der Waals surface area contributed by atoms with Crippen LogP contribution in [0.15, 0.2) is 78.0 Å². The van der Waals surface area contributed by atoms with Crippen molar-refractivity contribution in [3.05, 3.63) is 89.7 Å². The highest BCUT2D eigenvalue weighted by molar-refractivity contribution is 7.89. The van der Waals surface area contributed by atoms with Crippen molar-refractivity contribution in [2.75, 3.05) is 20.7 Å². The van der Waals surface area contributed by atoms with E-state index >= 15 is 0 Å². The molecule has 2 N–H and O–H groups in total. The molecule has 10 heteroatoms.